The first-order valence-corrected chi connectivity index (χ1v) is 8.30. The first-order chi connectivity index (χ1) is 7.05. The highest BCUT2D eigenvalue weighted by Crippen LogP contribution is 2.02. The van der Waals surface area contributed by atoms with Crippen molar-refractivity contribution in [3.63, 3.8) is 0 Å². The van der Waals surface area contributed by atoms with Gasteiger partial charge in [0.1, 0.15) is 0 Å². The van der Waals surface area contributed by atoms with Crippen molar-refractivity contribution in [1.29, 1.82) is 0 Å². The van der Waals surface area contributed by atoms with Gasteiger partial charge in [0.15, 0.2) is 0 Å². The van der Waals surface area contributed by atoms with Gasteiger partial charge in [-0.05, 0) is 19.2 Å². The van der Waals surface area contributed by atoms with Crippen molar-refractivity contribution in [3.8, 4) is 0 Å². The van der Waals surface area contributed by atoms with Crippen LogP contribution in [0.4, 0.5) is 0 Å². The summed E-state index contributed by atoms with van der Waals surface area (Å²) in [6, 6.07) is 0.0617. The van der Waals surface area contributed by atoms with Gasteiger partial charge in [0, 0.05) is 18.3 Å². The van der Waals surface area contributed by atoms with Gasteiger partial charge in [-0.1, -0.05) is 13.8 Å². The molecule has 0 aliphatic heterocycles. The Morgan fingerprint density at radius 3 is 2.47 bits per heavy atom. The van der Waals surface area contributed by atoms with Gasteiger partial charge in [-0.2, -0.15) is 11.8 Å². The molecule has 1 atom stereocenters. The Bertz CT molecular complexity index is 242. The summed E-state index contributed by atoms with van der Waals surface area (Å²) in [7, 11) is -3.11. The van der Waals surface area contributed by atoms with Crippen LogP contribution >= 0.6 is 11.8 Å². The molecule has 6 heteroatoms. The summed E-state index contributed by atoms with van der Waals surface area (Å²) in [5, 5.41) is 3.00. The second kappa shape index (κ2) is 8.38. The third-order valence-electron chi connectivity index (χ3n) is 2.00. The van der Waals surface area contributed by atoms with Gasteiger partial charge < -0.3 is 5.32 Å². The van der Waals surface area contributed by atoms with Crippen LogP contribution in [0.3, 0.4) is 0 Å². The van der Waals surface area contributed by atoms with E-state index in [1.54, 1.807) is 11.8 Å². The van der Waals surface area contributed by atoms with Crippen molar-refractivity contribution < 1.29 is 8.42 Å². The molecule has 0 aromatic heterocycles. The zero-order valence-corrected chi connectivity index (χ0v) is 11.4. The highest BCUT2D eigenvalue weighted by Gasteiger charge is 2.15. The SMILES string of the molecule is CCNCCS(=O)(=O)NC(CC)CSC. The maximum absolute atomic E-state index is 11.6. The van der Waals surface area contributed by atoms with Crippen molar-refractivity contribution in [1.82, 2.24) is 10.0 Å². The molecule has 0 fully saturated rings. The number of hydrogen-bond acceptors (Lipinski definition) is 4. The van der Waals surface area contributed by atoms with Crippen LogP contribution < -0.4 is 10.0 Å². The van der Waals surface area contributed by atoms with Crippen molar-refractivity contribution in [2.75, 3.05) is 30.9 Å². The number of rotatable bonds is 9. The molecule has 0 aromatic rings. The molecule has 0 radical (unpaired) electrons. The Morgan fingerprint density at radius 1 is 1.33 bits per heavy atom. The van der Waals surface area contributed by atoms with Crippen LogP contribution in [0, 0.1) is 0 Å². The minimum atomic E-state index is -3.11. The summed E-state index contributed by atoms with van der Waals surface area (Å²) >= 11 is 1.66. The van der Waals surface area contributed by atoms with Crippen molar-refractivity contribution in [2.24, 2.45) is 0 Å². The molecule has 15 heavy (non-hydrogen) atoms. The maximum Gasteiger partial charge on any atom is 0.213 e. The average Bonchev–Trinajstić information content (AvgIpc) is 2.17. The molecule has 0 saturated carbocycles. The molecule has 92 valence electrons. The molecule has 0 aliphatic rings. The molecule has 0 heterocycles. The van der Waals surface area contributed by atoms with E-state index in [0.717, 1.165) is 18.7 Å². The predicted octanol–water partition coefficient (Wildman–Crippen LogP) is 0.657. The van der Waals surface area contributed by atoms with Crippen LogP contribution in [0.15, 0.2) is 0 Å². The quantitative estimate of drug-likeness (QED) is 0.593. The predicted molar refractivity (Wildman–Crippen MR) is 67.9 cm³/mol. The first-order valence-electron chi connectivity index (χ1n) is 5.25. The largest absolute Gasteiger partial charge is 0.316 e. The van der Waals surface area contributed by atoms with Gasteiger partial charge in [0.05, 0.1) is 5.75 Å². The lowest BCUT2D eigenvalue weighted by Gasteiger charge is -2.15. The molecule has 0 saturated heterocycles. The third kappa shape index (κ3) is 8.07. The van der Waals surface area contributed by atoms with Gasteiger partial charge in [-0.3, -0.25) is 0 Å². The fourth-order valence-corrected chi connectivity index (χ4v) is 3.25. The maximum atomic E-state index is 11.6. The number of nitrogens with one attached hydrogen (secondary N) is 2. The summed E-state index contributed by atoms with van der Waals surface area (Å²) in [6.45, 7) is 5.27. The van der Waals surface area contributed by atoms with Crippen molar-refractivity contribution in [3.05, 3.63) is 0 Å². The van der Waals surface area contributed by atoms with E-state index in [0.29, 0.717) is 6.54 Å². The lowest BCUT2D eigenvalue weighted by molar-refractivity contribution is 0.555. The first kappa shape index (κ1) is 15.2. The van der Waals surface area contributed by atoms with E-state index in [2.05, 4.69) is 10.0 Å². The highest BCUT2D eigenvalue weighted by molar-refractivity contribution is 7.98. The van der Waals surface area contributed by atoms with E-state index in [1.165, 1.54) is 0 Å². The van der Waals surface area contributed by atoms with E-state index in [4.69, 9.17) is 0 Å². The lowest BCUT2D eigenvalue weighted by atomic mass is 10.3. The fourth-order valence-electron chi connectivity index (χ4n) is 1.13. The standard InChI is InChI=1S/C9H22N2O2S2/c1-4-9(8-14-3)11-15(12,13)7-6-10-5-2/h9-11H,4-8H2,1-3H3. The Morgan fingerprint density at radius 2 is 2.00 bits per heavy atom. The second-order valence-electron chi connectivity index (χ2n) is 3.35. The smallest absolute Gasteiger partial charge is 0.213 e. The summed E-state index contributed by atoms with van der Waals surface area (Å²) in [5.41, 5.74) is 0. The zero-order chi connectivity index (χ0) is 11.7. The fraction of sp³-hybridized carbons (Fsp3) is 1.00. The molecule has 0 aliphatic carbocycles. The van der Waals surface area contributed by atoms with Gasteiger partial charge >= 0.3 is 0 Å². The third-order valence-corrected chi connectivity index (χ3v) is 4.17. The van der Waals surface area contributed by atoms with Crippen molar-refractivity contribution in [2.45, 2.75) is 26.3 Å². The monoisotopic (exact) mass is 254 g/mol. The van der Waals surface area contributed by atoms with Crippen LogP contribution in [0.1, 0.15) is 20.3 Å². The summed E-state index contributed by atoms with van der Waals surface area (Å²) in [5.74, 6) is 0.989. The molecular weight excluding hydrogens is 232 g/mol. The van der Waals surface area contributed by atoms with Gasteiger partial charge in [0.25, 0.3) is 0 Å². The van der Waals surface area contributed by atoms with Crippen LogP contribution in [-0.4, -0.2) is 45.3 Å². The number of hydrogen-bond donors (Lipinski definition) is 2. The molecule has 0 aromatic carbocycles. The normalized spacial score (nSPS) is 14.1. The molecule has 0 amide bonds. The van der Waals surface area contributed by atoms with Crippen LogP contribution in [-0.2, 0) is 10.0 Å². The van der Waals surface area contributed by atoms with Crippen LogP contribution in [0.2, 0.25) is 0 Å². The number of thioether (sulfide) groups is 1. The summed E-state index contributed by atoms with van der Waals surface area (Å²) in [4.78, 5) is 0. The Kier molecular flexibility index (Phi) is 8.50. The van der Waals surface area contributed by atoms with E-state index < -0.39 is 10.0 Å². The Hall–Kier alpha value is 0.220. The van der Waals surface area contributed by atoms with Gasteiger partial charge in [-0.15, -0.1) is 0 Å². The second-order valence-corrected chi connectivity index (χ2v) is 6.13. The molecule has 0 rings (SSSR count). The van der Waals surface area contributed by atoms with E-state index in [-0.39, 0.29) is 11.8 Å². The summed E-state index contributed by atoms with van der Waals surface area (Å²) in [6.07, 6.45) is 2.82. The molecular formula is C9H22N2O2S2. The minimum absolute atomic E-state index is 0.0617. The lowest BCUT2D eigenvalue weighted by Crippen LogP contribution is -2.39. The van der Waals surface area contributed by atoms with Gasteiger partial charge in [0.2, 0.25) is 10.0 Å². The highest BCUT2D eigenvalue weighted by atomic mass is 32.2. The molecule has 2 N–H and O–H groups in total. The van der Waals surface area contributed by atoms with Crippen LogP contribution in [0.25, 0.3) is 0 Å². The van der Waals surface area contributed by atoms with Crippen molar-refractivity contribution >= 4 is 21.8 Å². The minimum Gasteiger partial charge on any atom is -0.316 e. The van der Waals surface area contributed by atoms with E-state index >= 15 is 0 Å². The Labute approximate surface area is 97.6 Å². The molecule has 4 nitrogen and oxygen atoms in total. The molecule has 1 unspecified atom stereocenters. The molecule has 0 spiro atoms. The van der Waals surface area contributed by atoms with E-state index in [9.17, 15) is 8.42 Å². The van der Waals surface area contributed by atoms with E-state index in [1.807, 2.05) is 20.1 Å². The van der Waals surface area contributed by atoms with Gasteiger partial charge in [-0.25, -0.2) is 13.1 Å². The average molecular weight is 254 g/mol. The zero-order valence-electron chi connectivity index (χ0n) is 9.75. The number of sulfonamides is 1. The summed E-state index contributed by atoms with van der Waals surface area (Å²) < 4.78 is 25.9. The van der Waals surface area contributed by atoms with Crippen LogP contribution in [0.5, 0.6) is 0 Å². The topological polar surface area (TPSA) is 58.2 Å². The Balaban J connectivity index is 3.99. The molecule has 0 bridgehead atoms.